The Hall–Kier alpha value is 0.250. The summed E-state index contributed by atoms with van der Waals surface area (Å²) in [5, 5.41) is 0. The normalized spacial score (nSPS) is 12.6. The van der Waals surface area contributed by atoms with Gasteiger partial charge in [-0.3, -0.25) is 0 Å². The molecule has 0 saturated heterocycles. The van der Waals surface area contributed by atoms with Crippen molar-refractivity contribution >= 4 is 12.4 Å². The van der Waals surface area contributed by atoms with Gasteiger partial charge in [0.15, 0.2) is 0 Å². The van der Waals surface area contributed by atoms with E-state index in [0.717, 1.165) is 6.04 Å². The van der Waals surface area contributed by atoms with E-state index in [1.165, 1.54) is 51.6 Å². The Bertz CT molecular complexity index is 109. The lowest BCUT2D eigenvalue weighted by molar-refractivity contribution is 0.193. The molecule has 0 saturated carbocycles. The molecule has 0 aliphatic carbocycles. The zero-order valence-corrected chi connectivity index (χ0v) is 11.9. The number of hydrogen-bond acceptors (Lipinski definition) is 1. The van der Waals surface area contributed by atoms with Crippen molar-refractivity contribution in [3.63, 3.8) is 0 Å². The quantitative estimate of drug-likeness (QED) is 0.569. The van der Waals surface area contributed by atoms with E-state index in [4.69, 9.17) is 0 Å². The van der Waals surface area contributed by atoms with Crippen molar-refractivity contribution in [1.29, 1.82) is 0 Å². The third-order valence-electron chi connectivity index (χ3n) is 2.93. The van der Waals surface area contributed by atoms with E-state index in [-0.39, 0.29) is 12.4 Å². The standard InChI is InChI=1S/C13H29N.ClH/c1-5-8-11-14(12-9-6-2)13(4)10-7-3;/h13H,5-12H2,1-4H3;1H. The van der Waals surface area contributed by atoms with Crippen LogP contribution in [0.5, 0.6) is 0 Å². The molecule has 0 bridgehead atoms. The molecule has 0 aliphatic heterocycles. The summed E-state index contributed by atoms with van der Waals surface area (Å²) >= 11 is 0. The first-order valence-electron chi connectivity index (χ1n) is 6.50. The number of halogens is 1. The van der Waals surface area contributed by atoms with Crippen LogP contribution in [0.25, 0.3) is 0 Å². The van der Waals surface area contributed by atoms with E-state index in [2.05, 4.69) is 32.6 Å². The van der Waals surface area contributed by atoms with Crippen LogP contribution in [0.15, 0.2) is 0 Å². The second kappa shape index (κ2) is 12.3. The highest BCUT2D eigenvalue weighted by molar-refractivity contribution is 5.85. The number of rotatable bonds is 9. The second-order valence-corrected chi connectivity index (χ2v) is 4.38. The highest BCUT2D eigenvalue weighted by Gasteiger charge is 2.11. The fraction of sp³-hybridized carbons (Fsp3) is 1.00. The molecule has 0 rings (SSSR count). The summed E-state index contributed by atoms with van der Waals surface area (Å²) in [4.78, 5) is 2.68. The molecule has 2 heteroatoms. The summed E-state index contributed by atoms with van der Waals surface area (Å²) in [7, 11) is 0. The summed E-state index contributed by atoms with van der Waals surface area (Å²) in [6.07, 6.45) is 8.03. The van der Waals surface area contributed by atoms with Crippen molar-refractivity contribution in [3.05, 3.63) is 0 Å². The summed E-state index contributed by atoms with van der Waals surface area (Å²) in [5.41, 5.74) is 0. The van der Waals surface area contributed by atoms with Crippen LogP contribution in [0, 0.1) is 0 Å². The Labute approximate surface area is 103 Å². The van der Waals surface area contributed by atoms with Gasteiger partial charge < -0.3 is 4.90 Å². The Morgan fingerprint density at radius 1 is 0.867 bits per heavy atom. The van der Waals surface area contributed by atoms with Gasteiger partial charge in [-0.1, -0.05) is 40.0 Å². The van der Waals surface area contributed by atoms with E-state index in [1.54, 1.807) is 0 Å². The predicted octanol–water partition coefficient (Wildman–Crippen LogP) is 4.50. The summed E-state index contributed by atoms with van der Waals surface area (Å²) < 4.78 is 0. The van der Waals surface area contributed by atoms with Crippen LogP contribution in [-0.2, 0) is 0 Å². The first kappa shape index (κ1) is 17.6. The maximum atomic E-state index is 2.68. The molecular formula is C13H30ClN. The Morgan fingerprint density at radius 3 is 1.67 bits per heavy atom. The molecule has 1 atom stereocenters. The number of nitrogens with zero attached hydrogens (tertiary/aromatic N) is 1. The molecule has 0 aromatic heterocycles. The Balaban J connectivity index is 0. The number of unbranched alkanes of at least 4 members (excludes halogenated alkanes) is 2. The van der Waals surface area contributed by atoms with Gasteiger partial charge in [0.05, 0.1) is 0 Å². The van der Waals surface area contributed by atoms with Crippen LogP contribution in [0.1, 0.15) is 66.2 Å². The van der Waals surface area contributed by atoms with E-state index < -0.39 is 0 Å². The monoisotopic (exact) mass is 235 g/mol. The lowest BCUT2D eigenvalue weighted by atomic mass is 10.1. The Morgan fingerprint density at radius 2 is 1.33 bits per heavy atom. The topological polar surface area (TPSA) is 3.24 Å². The van der Waals surface area contributed by atoms with Crippen molar-refractivity contribution in [1.82, 2.24) is 4.90 Å². The van der Waals surface area contributed by atoms with Crippen molar-refractivity contribution in [2.24, 2.45) is 0 Å². The molecule has 0 N–H and O–H groups in total. The van der Waals surface area contributed by atoms with Gasteiger partial charge in [-0.2, -0.15) is 0 Å². The molecule has 15 heavy (non-hydrogen) atoms. The molecule has 0 fully saturated rings. The highest BCUT2D eigenvalue weighted by Crippen LogP contribution is 2.09. The molecule has 0 aromatic carbocycles. The zero-order chi connectivity index (χ0) is 10.8. The average molecular weight is 236 g/mol. The van der Waals surface area contributed by atoms with E-state index in [0.29, 0.717) is 0 Å². The molecule has 0 aliphatic rings. The van der Waals surface area contributed by atoms with Gasteiger partial charge >= 0.3 is 0 Å². The molecule has 1 unspecified atom stereocenters. The van der Waals surface area contributed by atoms with Gasteiger partial charge in [-0.05, 0) is 39.3 Å². The van der Waals surface area contributed by atoms with Gasteiger partial charge in [-0.15, -0.1) is 12.4 Å². The molecule has 0 heterocycles. The zero-order valence-electron chi connectivity index (χ0n) is 11.1. The van der Waals surface area contributed by atoms with Crippen LogP contribution < -0.4 is 0 Å². The van der Waals surface area contributed by atoms with Gasteiger partial charge in [0.2, 0.25) is 0 Å². The van der Waals surface area contributed by atoms with Crippen molar-refractivity contribution in [3.8, 4) is 0 Å². The van der Waals surface area contributed by atoms with E-state index in [9.17, 15) is 0 Å². The molecule has 0 spiro atoms. The largest absolute Gasteiger partial charge is 0.301 e. The first-order chi connectivity index (χ1) is 6.76. The summed E-state index contributed by atoms with van der Waals surface area (Å²) in [6.45, 7) is 11.8. The maximum Gasteiger partial charge on any atom is 0.00668 e. The van der Waals surface area contributed by atoms with Gasteiger partial charge in [-0.25, -0.2) is 0 Å². The van der Waals surface area contributed by atoms with Gasteiger partial charge in [0.1, 0.15) is 0 Å². The minimum absolute atomic E-state index is 0. The van der Waals surface area contributed by atoms with Gasteiger partial charge in [0, 0.05) is 6.04 Å². The smallest absolute Gasteiger partial charge is 0.00668 e. The average Bonchev–Trinajstić information content (AvgIpc) is 2.18. The minimum atomic E-state index is 0. The molecule has 0 aromatic rings. The summed E-state index contributed by atoms with van der Waals surface area (Å²) in [6, 6.07) is 0.790. The predicted molar refractivity (Wildman–Crippen MR) is 73.0 cm³/mol. The van der Waals surface area contributed by atoms with Crippen LogP contribution in [0.4, 0.5) is 0 Å². The van der Waals surface area contributed by atoms with Crippen LogP contribution in [0.2, 0.25) is 0 Å². The Kier molecular flexibility index (Phi) is 14.5. The third kappa shape index (κ3) is 9.19. The van der Waals surface area contributed by atoms with Crippen molar-refractivity contribution < 1.29 is 0 Å². The van der Waals surface area contributed by atoms with Crippen LogP contribution >= 0.6 is 12.4 Å². The molecular weight excluding hydrogens is 206 g/mol. The first-order valence-corrected chi connectivity index (χ1v) is 6.50. The molecule has 0 radical (unpaired) electrons. The minimum Gasteiger partial charge on any atom is -0.301 e. The summed E-state index contributed by atoms with van der Waals surface area (Å²) in [5.74, 6) is 0. The van der Waals surface area contributed by atoms with Crippen LogP contribution in [-0.4, -0.2) is 24.0 Å². The highest BCUT2D eigenvalue weighted by atomic mass is 35.5. The van der Waals surface area contributed by atoms with Crippen molar-refractivity contribution in [2.45, 2.75) is 72.3 Å². The fourth-order valence-corrected chi connectivity index (χ4v) is 1.88. The lowest BCUT2D eigenvalue weighted by Crippen LogP contribution is -2.34. The third-order valence-corrected chi connectivity index (χ3v) is 2.93. The SMILES string of the molecule is CCCCN(CCCC)C(C)CCC.Cl. The number of hydrogen-bond donors (Lipinski definition) is 0. The lowest BCUT2D eigenvalue weighted by Gasteiger charge is -2.28. The second-order valence-electron chi connectivity index (χ2n) is 4.38. The van der Waals surface area contributed by atoms with Crippen LogP contribution in [0.3, 0.4) is 0 Å². The van der Waals surface area contributed by atoms with E-state index >= 15 is 0 Å². The molecule has 0 amide bonds. The fourth-order valence-electron chi connectivity index (χ4n) is 1.88. The molecule has 94 valence electrons. The van der Waals surface area contributed by atoms with Gasteiger partial charge in [0.25, 0.3) is 0 Å². The van der Waals surface area contributed by atoms with Crippen molar-refractivity contribution in [2.75, 3.05) is 13.1 Å². The maximum absolute atomic E-state index is 2.68. The van der Waals surface area contributed by atoms with E-state index in [1.807, 2.05) is 0 Å². The molecule has 1 nitrogen and oxygen atoms in total.